The number of nitrogens with zero attached hydrogens (tertiary/aromatic N) is 3. The average Bonchev–Trinajstić information content (AvgIpc) is 3.10. The van der Waals surface area contributed by atoms with Crippen LogP contribution in [0, 0.1) is 0 Å². The van der Waals surface area contributed by atoms with Crippen LogP contribution in [0.25, 0.3) is 5.69 Å². The number of hydrogen-bond donors (Lipinski definition) is 2. The average molecular weight is 398 g/mol. The second kappa shape index (κ2) is 9.36. The Balaban J connectivity index is 1.66. The normalized spacial score (nSPS) is 11.3. The zero-order valence-electron chi connectivity index (χ0n) is 15.4. The van der Waals surface area contributed by atoms with Crippen LogP contribution in [0.1, 0.15) is 5.56 Å². The number of carboxylic acid groups (broad SMARTS) is 1. The summed E-state index contributed by atoms with van der Waals surface area (Å²) in [6.45, 7) is 0.0280. The monoisotopic (exact) mass is 398 g/mol. The molecule has 3 aromatic rings. The molecular formula is C20H19FN4O4. The second-order valence-electron chi connectivity index (χ2n) is 6.14. The van der Waals surface area contributed by atoms with E-state index in [-0.39, 0.29) is 25.0 Å². The molecule has 0 saturated heterocycles. The van der Waals surface area contributed by atoms with Crippen LogP contribution in [0.2, 0.25) is 0 Å². The van der Waals surface area contributed by atoms with Crippen LogP contribution >= 0.6 is 0 Å². The molecule has 3 rings (SSSR count). The zero-order chi connectivity index (χ0) is 20.6. The molecule has 0 fully saturated rings. The van der Waals surface area contributed by atoms with Crippen LogP contribution in [-0.4, -0.2) is 32.1 Å². The van der Waals surface area contributed by atoms with Crippen molar-refractivity contribution >= 4 is 6.09 Å². The topological polar surface area (TPSA) is 98.4 Å². The summed E-state index contributed by atoms with van der Waals surface area (Å²) in [7, 11) is 0. The van der Waals surface area contributed by atoms with Crippen LogP contribution in [0.3, 0.4) is 0 Å². The molecule has 150 valence electrons. The van der Waals surface area contributed by atoms with Gasteiger partial charge in [0.05, 0.1) is 18.6 Å². The Kier molecular flexibility index (Phi) is 6.41. The Morgan fingerprint density at radius 1 is 1.17 bits per heavy atom. The maximum absolute atomic E-state index is 12.9. The van der Waals surface area contributed by atoms with E-state index in [1.165, 1.54) is 10.9 Å². The van der Waals surface area contributed by atoms with E-state index < -0.39 is 11.8 Å². The van der Waals surface area contributed by atoms with Crippen LogP contribution < -0.4 is 15.7 Å². The predicted molar refractivity (Wildman–Crippen MR) is 104 cm³/mol. The molecule has 8 nitrogen and oxygen atoms in total. The highest BCUT2D eigenvalue weighted by molar-refractivity contribution is 5.64. The lowest BCUT2D eigenvalue weighted by Gasteiger charge is -2.07. The highest BCUT2D eigenvalue weighted by Gasteiger charge is 2.10. The Hall–Kier alpha value is -3.88. The third-order valence-electron chi connectivity index (χ3n) is 4.07. The van der Waals surface area contributed by atoms with Gasteiger partial charge in [0.25, 0.3) is 0 Å². The minimum atomic E-state index is -1.28. The van der Waals surface area contributed by atoms with Gasteiger partial charge in [-0.2, -0.15) is 5.10 Å². The second-order valence-corrected chi connectivity index (χ2v) is 6.14. The van der Waals surface area contributed by atoms with Crippen molar-refractivity contribution in [1.82, 2.24) is 19.7 Å². The third-order valence-corrected chi connectivity index (χ3v) is 4.07. The molecular weight excluding hydrogens is 379 g/mol. The number of benzene rings is 2. The lowest BCUT2D eigenvalue weighted by molar-refractivity contribution is 0.195. The van der Waals surface area contributed by atoms with Gasteiger partial charge in [-0.15, -0.1) is 0 Å². The SMILES string of the molecule is O=C(O)NCC(=CF)Cn1ncn(-c2ccc(OCc3ccccc3)cc2)c1=O. The molecule has 0 unspecified atom stereocenters. The van der Waals surface area contributed by atoms with Crippen molar-refractivity contribution in [2.24, 2.45) is 0 Å². The Labute approximate surface area is 165 Å². The van der Waals surface area contributed by atoms with Crippen molar-refractivity contribution in [2.45, 2.75) is 13.2 Å². The smallest absolute Gasteiger partial charge is 0.404 e. The maximum Gasteiger partial charge on any atom is 0.404 e. The molecule has 0 bridgehead atoms. The molecule has 0 radical (unpaired) electrons. The molecule has 1 amide bonds. The van der Waals surface area contributed by atoms with E-state index in [1.807, 2.05) is 35.6 Å². The first-order valence-corrected chi connectivity index (χ1v) is 8.73. The number of hydrogen-bond acceptors (Lipinski definition) is 4. The molecule has 0 aliphatic heterocycles. The standard InChI is InChI=1S/C20H19FN4O4/c21-10-16(11-22-19(26)27)12-25-20(28)24(14-23-25)17-6-8-18(9-7-17)29-13-15-4-2-1-3-5-15/h1-10,14,22H,11-13H2,(H,26,27). The van der Waals surface area contributed by atoms with Gasteiger partial charge in [-0.05, 0) is 35.4 Å². The summed E-state index contributed by atoms with van der Waals surface area (Å²) in [4.78, 5) is 23.0. The molecule has 0 aliphatic carbocycles. The van der Waals surface area contributed by atoms with Crippen molar-refractivity contribution in [1.29, 1.82) is 0 Å². The highest BCUT2D eigenvalue weighted by Crippen LogP contribution is 2.16. The van der Waals surface area contributed by atoms with Gasteiger partial charge in [-0.25, -0.2) is 23.2 Å². The van der Waals surface area contributed by atoms with E-state index >= 15 is 0 Å². The molecule has 0 spiro atoms. The number of aromatic nitrogens is 3. The summed E-state index contributed by atoms with van der Waals surface area (Å²) in [5.74, 6) is 0.653. The summed E-state index contributed by atoms with van der Waals surface area (Å²) in [6, 6.07) is 16.7. The van der Waals surface area contributed by atoms with Crippen molar-refractivity contribution in [3.8, 4) is 11.4 Å². The van der Waals surface area contributed by atoms with Gasteiger partial charge in [0.15, 0.2) is 0 Å². The lowest BCUT2D eigenvalue weighted by atomic mass is 10.2. The van der Waals surface area contributed by atoms with Gasteiger partial charge < -0.3 is 15.2 Å². The molecule has 2 aromatic carbocycles. The van der Waals surface area contributed by atoms with Crippen molar-refractivity contribution < 1.29 is 19.0 Å². The number of rotatable bonds is 8. The number of nitrogens with one attached hydrogen (secondary N) is 1. The zero-order valence-corrected chi connectivity index (χ0v) is 15.4. The summed E-state index contributed by atoms with van der Waals surface area (Å²) < 4.78 is 21.0. The minimum absolute atomic E-state index is 0.0735. The van der Waals surface area contributed by atoms with Gasteiger partial charge in [0.2, 0.25) is 0 Å². The number of amides is 1. The van der Waals surface area contributed by atoms with Gasteiger partial charge in [-0.1, -0.05) is 30.3 Å². The molecule has 1 heterocycles. The molecule has 0 atom stereocenters. The Bertz CT molecular complexity index is 1040. The maximum atomic E-state index is 12.9. The van der Waals surface area contributed by atoms with Crippen LogP contribution in [-0.2, 0) is 13.2 Å². The van der Waals surface area contributed by atoms with Crippen LogP contribution in [0.4, 0.5) is 9.18 Å². The summed E-state index contributed by atoms with van der Waals surface area (Å²) in [6.07, 6.45) is 0.305. The predicted octanol–water partition coefficient (Wildman–Crippen LogP) is 2.73. The van der Waals surface area contributed by atoms with E-state index in [1.54, 1.807) is 24.3 Å². The lowest BCUT2D eigenvalue weighted by Crippen LogP contribution is -2.29. The first-order chi connectivity index (χ1) is 14.1. The Morgan fingerprint density at radius 3 is 2.55 bits per heavy atom. The van der Waals surface area contributed by atoms with E-state index in [0.717, 1.165) is 10.2 Å². The van der Waals surface area contributed by atoms with Crippen LogP contribution in [0.5, 0.6) is 5.75 Å². The van der Waals surface area contributed by atoms with Gasteiger partial charge in [0, 0.05) is 6.54 Å². The Morgan fingerprint density at radius 2 is 1.90 bits per heavy atom. The quantitative estimate of drug-likeness (QED) is 0.608. The van der Waals surface area contributed by atoms with Gasteiger partial charge >= 0.3 is 11.8 Å². The van der Waals surface area contributed by atoms with Crippen molar-refractivity contribution in [3.05, 3.63) is 88.9 Å². The number of carbonyl (C=O) groups is 1. The fraction of sp³-hybridized carbons (Fsp3) is 0.150. The van der Waals surface area contributed by atoms with E-state index in [2.05, 4.69) is 5.10 Å². The largest absolute Gasteiger partial charge is 0.489 e. The molecule has 0 aliphatic rings. The molecule has 0 saturated carbocycles. The summed E-state index contributed by atoms with van der Waals surface area (Å²) in [5.41, 5.74) is 1.22. The van der Waals surface area contributed by atoms with Crippen molar-refractivity contribution in [2.75, 3.05) is 6.54 Å². The highest BCUT2D eigenvalue weighted by atomic mass is 19.1. The van der Waals surface area contributed by atoms with Crippen molar-refractivity contribution in [3.63, 3.8) is 0 Å². The molecule has 29 heavy (non-hydrogen) atoms. The summed E-state index contributed by atoms with van der Waals surface area (Å²) >= 11 is 0. The first kappa shape index (κ1) is 19.9. The van der Waals surface area contributed by atoms with Gasteiger partial charge in [0.1, 0.15) is 18.7 Å². The number of halogens is 1. The molecule has 9 heteroatoms. The number of ether oxygens (including phenoxy) is 1. The summed E-state index contributed by atoms with van der Waals surface area (Å²) in [5, 5.41) is 14.6. The molecule has 2 N–H and O–H groups in total. The first-order valence-electron chi connectivity index (χ1n) is 8.73. The fourth-order valence-electron chi connectivity index (χ4n) is 2.58. The van der Waals surface area contributed by atoms with E-state index in [4.69, 9.17) is 9.84 Å². The van der Waals surface area contributed by atoms with Crippen LogP contribution in [0.15, 0.2) is 77.6 Å². The molecule has 1 aromatic heterocycles. The third kappa shape index (κ3) is 5.32. The minimum Gasteiger partial charge on any atom is -0.489 e. The fourth-order valence-corrected chi connectivity index (χ4v) is 2.58. The van der Waals surface area contributed by atoms with Gasteiger partial charge in [-0.3, -0.25) is 0 Å². The van der Waals surface area contributed by atoms with E-state index in [0.29, 0.717) is 18.0 Å². The van der Waals surface area contributed by atoms with E-state index in [9.17, 15) is 14.0 Å².